The van der Waals surface area contributed by atoms with Crippen LogP contribution in [0.1, 0.15) is 22.3 Å². The van der Waals surface area contributed by atoms with Gasteiger partial charge in [0.2, 0.25) is 0 Å². The third-order valence-electron chi connectivity index (χ3n) is 3.12. The van der Waals surface area contributed by atoms with Crippen molar-refractivity contribution in [2.24, 2.45) is 5.73 Å². The van der Waals surface area contributed by atoms with Gasteiger partial charge < -0.3 is 10.5 Å². The molecule has 0 fully saturated rings. The van der Waals surface area contributed by atoms with Gasteiger partial charge in [-0.1, -0.05) is 30.4 Å². The summed E-state index contributed by atoms with van der Waals surface area (Å²) >= 11 is 4.91. The minimum absolute atomic E-state index is 0.403. The summed E-state index contributed by atoms with van der Waals surface area (Å²) in [5.74, 6) is 0.818. The zero-order valence-corrected chi connectivity index (χ0v) is 12.0. The zero-order chi connectivity index (χ0) is 13.8. The first-order valence-electron chi connectivity index (χ1n) is 6.15. The minimum atomic E-state index is 0.403. The van der Waals surface area contributed by atoms with Crippen LogP contribution in [0.5, 0.6) is 5.75 Å². The second kappa shape index (κ2) is 5.85. The van der Waals surface area contributed by atoms with Gasteiger partial charge in [0, 0.05) is 5.56 Å². The molecule has 0 atom stereocenters. The Kier molecular flexibility index (Phi) is 4.17. The van der Waals surface area contributed by atoms with Crippen molar-refractivity contribution in [2.45, 2.75) is 20.5 Å². The van der Waals surface area contributed by atoms with Crippen LogP contribution in [0.4, 0.5) is 0 Å². The largest absolute Gasteiger partial charge is 0.489 e. The van der Waals surface area contributed by atoms with E-state index in [0.717, 1.165) is 11.3 Å². The van der Waals surface area contributed by atoms with E-state index in [1.165, 1.54) is 16.7 Å². The first-order valence-corrected chi connectivity index (χ1v) is 6.56. The van der Waals surface area contributed by atoms with Crippen LogP contribution in [0.2, 0.25) is 0 Å². The van der Waals surface area contributed by atoms with E-state index in [1.54, 1.807) is 0 Å². The van der Waals surface area contributed by atoms with Crippen molar-refractivity contribution < 1.29 is 4.74 Å². The van der Waals surface area contributed by atoms with Crippen molar-refractivity contribution in [2.75, 3.05) is 0 Å². The average molecular weight is 271 g/mol. The maximum atomic E-state index is 5.74. The van der Waals surface area contributed by atoms with Crippen LogP contribution in [0.25, 0.3) is 0 Å². The molecule has 0 aliphatic rings. The first-order chi connectivity index (χ1) is 9.06. The predicted octanol–water partition coefficient (Wildman–Crippen LogP) is 3.52. The highest BCUT2D eigenvalue weighted by atomic mass is 32.1. The van der Waals surface area contributed by atoms with Crippen molar-refractivity contribution in [3.63, 3.8) is 0 Å². The molecular weight excluding hydrogens is 254 g/mol. The first kappa shape index (κ1) is 13.6. The molecule has 0 aliphatic heterocycles. The molecule has 0 saturated carbocycles. The molecule has 0 saturated heterocycles. The summed E-state index contributed by atoms with van der Waals surface area (Å²) in [5.41, 5.74) is 10.2. The summed E-state index contributed by atoms with van der Waals surface area (Å²) < 4.78 is 5.74. The van der Waals surface area contributed by atoms with E-state index in [-0.39, 0.29) is 0 Å². The lowest BCUT2D eigenvalue weighted by molar-refractivity contribution is 0.306. The van der Waals surface area contributed by atoms with Crippen molar-refractivity contribution in [3.8, 4) is 5.75 Å². The Morgan fingerprint density at radius 2 is 1.74 bits per heavy atom. The molecule has 3 heteroatoms. The molecule has 0 amide bonds. The predicted molar refractivity (Wildman–Crippen MR) is 82.6 cm³/mol. The molecule has 0 bridgehead atoms. The van der Waals surface area contributed by atoms with Crippen LogP contribution in [0, 0.1) is 13.8 Å². The van der Waals surface area contributed by atoms with Crippen LogP contribution in [0.3, 0.4) is 0 Å². The molecule has 2 N–H and O–H groups in total. The minimum Gasteiger partial charge on any atom is -0.489 e. The van der Waals surface area contributed by atoms with Gasteiger partial charge in [0.05, 0.1) is 0 Å². The number of benzene rings is 2. The summed E-state index contributed by atoms with van der Waals surface area (Å²) in [5, 5.41) is 0. The number of hydrogen-bond acceptors (Lipinski definition) is 2. The molecule has 19 heavy (non-hydrogen) atoms. The second-order valence-electron chi connectivity index (χ2n) is 4.60. The monoisotopic (exact) mass is 271 g/mol. The number of nitrogens with two attached hydrogens (primary N) is 1. The lowest BCUT2D eigenvalue weighted by atomic mass is 10.1. The van der Waals surface area contributed by atoms with Gasteiger partial charge in [-0.05, 0) is 54.8 Å². The summed E-state index contributed by atoms with van der Waals surface area (Å²) in [7, 11) is 0. The number of ether oxygens (including phenoxy) is 1. The maximum Gasteiger partial charge on any atom is 0.119 e. The van der Waals surface area contributed by atoms with Crippen LogP contribution < -0.4 is 10.5 Å². The number of rotatable bonds is 4. The number of aryl methyl sites for hydroxylation is 2. The molecule has 0 radical (unpaired) electrons. The highest BCUT2D eigenvalue weighted by molar-refractivity contribution is 7.80. The molecular formula is C16H17NOS. The lowest BCUT2D eigenvalue weighted by Crippen LogP contribution is -2.08. The van der Waals surface area contributed by atoms with Gasteiger partial charge in [-0.2, -0.15) is 0 Å². The number of thiocarbonyl (C=S) groups is 1. The fourth-order valence-electron chi connectivity index (χ4n) is 1.78. The Morgan fingerprint density at radius 1 is 1.05 bits per heavy atom. The molecule has 0 aromatic heterocycles. The van der Waals surface area contributed by atoms with Crippen LogP contribution in [-0.2, 0) is 6.61 Å². The Balaban J connectivity index is 2.01. The Bertz CT molecular complexity index is 590. The second-order valence-corrected chi connectivity index (χ2v) is 5.04. The molecule has 98 valence electrons. The third-order valence-corrected chi connectivity index (χ3v) is 3.35. The zero-order valence-electron chi connectivity index (χ0n) is 11.1. The van der Waals surface area contributed by atoms with Crippen LogP contribution >= 0.6 is 12.2 Å². The van der Waals surface area contributed by atoms with Crippen molar-refractivity contribution >= 4 is 17.2 Å². The lowest BCUT2D eigenvalue weighted by Gasteiger charge is -2.08. The SMILES string of the molecule is Cc1ccc(COc2ccc(C(N)=S)cc2)cc1C. The Morgan fingerprint density at radius 3 is 2.32 bits per heavy atom. The molecule has 0 spiro atoms. The third kappa shape index (κ3) is 3.55. The van der Waals surface area contributed by atoms with E-state index >= 15 is 0 Å². The number of hydrogen-bond donors (Lipinski definition) is 1. The van der Waals surface area contributed by atoms with E-state index in [1.807, 2.05) is 24.3 Å². The van der Waals surface area contributed by atoms with E-state index in [0.29, 0.717) is 11.6 Å². The van der Waals surface area contributed by atoms with E-state index in [2.05, 4.69) is 32.0 Å². The van der Waals surface area contributed by atoms with E-state index < -0.39 is 0 Å². The van der Waals surface area contributed by atoms with Crippen molar-refractivity contribution in [3.05, 3.63) is 64.7 Å². The molecule has 2 aromatic carbocycles. The molecule has 0 heterocycles. The molecule has 2 nitrogen and oxygen atoms in total. The summed E-state index contributed by atoms with van der Waals surface area (Å²) in [6.07, 6.45) is 0. The van der Waals surface area contributed by atoms with Crippen molar-refractivity contribution in [1.82, 2.24) is 0 Å². The summed E-state index contributed by atoms with van der Waals surface area (Å²) in [6, 6.07) is 13.9. The van der Waals surface area contributed by atoms with Gasteiger partial charge in [0.25, 0.3) is 0 Å². The average Bonchev–Trinajstić information content (AvgIpc) is 2.40. The standard InChI is InChI=1S/C16H17NOS/c1-11-3-4-13(9-12(11)2)10-18-15-7-5-14(6-8-15)16(17)19/h3-9H,10H2,1-2H3,(H2,17,19). The molecule has 2 rings (SSSR count). The topological polar surface area (TPSA) is 35.2 Å². The van der Waals surface area contributed by atoms with Crippen LogP contribution in [0.15, 0.2) is 42.5 Å². The normalized spacial score (nSPS) is 10.2. The van der Waals surface area contributed by atoms with Gasteiger partial charge in [-0.15, -0.1) is 0 Å². The summed E-state index contributed by atoms with van der Waals surface area (Å²) in [6.45, 7) is 4.78. The highest BCUT2D eigenvalue weighted by Crippen LogP contribution is 2.16. The molecule has 2 aromatic rings. The van der Waals surface area contributed by atoms with Gasteiger partial charge in [0.15, 0.2) is 0 Å². The van der Waals surface area contributed by atoms with Gasteiger partial charge in [-0.25, -0.2) is 0 Å². The van der Waals surface area contributed by atoms with Crippen LogP contribution in [-0.4, -0.2) is 4.99 Å². The Hall–Kier alpha value is -1.87. The van der Waals surface area contributed by atoms with Gasteiger partial charge >= 0.3 is 0 Å². The fourth-order valence-corrected chi connectivity index (χ4v) is 1.91. The van der Waals surface area contributed by atoms with Gasteiger partial charge in [0.1, 0.15) is 17.3 Å². The quantitative estimate of drug-likeness (QED) is 0.864. The Labute approximate surface area is 119 Å². The molecule has 0 aliphatic carbocycles. The smallest absolute Gasteiger partial charge is 0.119 e. The van der Waals surface area contributed by atoms with Crippen molar-refractivity contribution in [1.29, 1.82) is 0 Å². The van der Waals surface area contributed by atoms with E-state index in [4.69, 9.17) is 22.7 Å². The highest BCUT2D eigenvalue weighted by Gasteiger charge is 2.00. The molecule has 0 unspecified atom stereocenters. The summed E-state index contributed by atoms with van der Waals surface area (Å²) in [4.78, 5) is 0.403. The van der Waals surface area contributed by atoms with E-state index in [9.17, 15) is 0 Å². The maximum absolute atomic E-state index is 5.74. The fraction of sp³-hybridized carbons (Fsp3) is 0.188. The van der Waals surface area contributed by atoms with Gasteiger partial charge in [-0.3, -0.25) is 0 Å².